The first-order chi connectivity index (χ1) is 13.6. The van der Waals surface area contributed by atoms with Gasteiger partial charge in [0.05, 0.1) is 13.2 Å². The van der Waals surface area contributed by atoms with Crippen molar-refractivity contribution in [2.75, 3.05) is 53.0 Å². The third-order valence-electron chi connectivity index (χ3n) is 4.68. The fourth-order valence-electron chi connectivity index (χ4n) is 3.02. The number of hydrogen-bond acceptors (Lipinski definition) is 6. The van der Waals surface area contributed by atoms with E-state index in [1.807, 2.05) is 41.5 Å². The van der Waals surface area contributed by atoms with E-state index in [2.05, 4.69) is 15.2 Å². The summed E-state index contributed by atoms with van der Waals surface area (Å²) >= 11 is 1.49. The van der Waals surface area contributed by atoms with Gasteiger partial charge in [-0.25, -0.2) is 4.98 Å². The first-order valence-electron chi connectivity index (χ1n) is 9.36. The quantitative estimate of drug-likeness (QED) is 0.713. The minimum atomic E-state index is -0.0428. The third kappa shape index (κ3) is 5.37. The summed E-state index contributed by atoms with van der Waals surface area (Å²) in [6.07, 6.45) is 0. The Morgan fingerprint density at radius 2 is 1.89 bits per heavy atom. The number of ether oxygens (including phenoxy) is 1. The maximum absolute atomic E-state index is 12.8. The van der Waals surface area contributed by atoms with E-state index in [0.29, 0.717) is 51.6 Å². The number of rotatable bonds is 7. The zero-order valence-corrected chi connectivity index (χ0v) is 17.1. The van der Waals surface area contributed by atoms with Gasteiger partial charge in [0.25, 0.3) is 5.91 Å². The van der Waals surface area contributed by atoms with Crippen molar-refractivity contribution in [3.05, 3.63) is 40.9 Å². The highest BCUT2D eigenvalue weighted by atomic mass is 32.1. The lowest BCUT2D eigenvalue weighted by Crippen LogP contribution is -2.51. The molecule has 0 saturated carbocycles. The van der Waals surface area contributed by atoms with Crippen LogP contribution in [0, 0.1) is 6.92 Å². The molecule has 0 bridgehead atoms. The molecule has 0 spiro atoms. The van der Waals surface area contributed by atoms with Gasteiger partial charge in [0.1, 0.15) is 10.7 Å². The van der Waals surface area contributed by atoms with Crippen molar-refractivity contribution in [2.24, 2.45) is 0 Å². The number of carbonyl (C=O) groups is 2. The Labute approximate surface area is 169 Å². The number of methoxy groups -OCH3 is 1. The normalized spacial score (nSPS) is 14.9. The Kier molecular flexibility index (Phi) is 7.13. The molecule has 0 unspecified atom stereocenters. The average Bonchev–Trinajstić information content (AvgIpc) is 3.19. The van der Waals surface area contributed by atoms with Crippen LogP contribution in [-0.2, 0) is 9.53 Å². The van der Waals surface area contributed by atoms with E-state index in [1.54, 1.807) is 7.11 Å². The van der Waals surface area contributed by atoms with Crippen LogP contribution in [0.4, 0.5) is 0 Å². The molecule has 1 aromatic carbocycles. The van der Waals surface area contributed by atoms with Gasteiger partial charge in [-0.3, -0.25) is 14.5 Å². The van der Waals surface area contributed by atoms with Crippen molar-refractivity contribution < 1.29 is 14.3 Å². The van der Waals surface area contributed by atoms with Crippen LogP contribution in [0.25, 0.3) is 10.6 Å². The van der Waals surface area contributed by atoms with Gasteiger partial charge in [-0.05, 0) is 6.92 Å². The summed E-state index contributed by atoms with van der Waals surface area (Å²) in [5, 5.41) is 5.50. The first-order valence-corrected chi connectivity index (χ1v) is 10.2. The number of aryl methyl sites for hydroxylation is 1. The molecule has 2 heterocycles. The molecule has 3 rings (SSSR count). The highest BCUT2D eigenvalue weighted by Crippen LogP contribution is 2.24. The molecule has 1 aliphatic rings. The minimum absolute atomic E-state index is 0.0148. The molecule has 0 radical (unpaired) electrons. The molecule has 2 aromatic rings. The summed E-state index contributed by atoms with van der Waals surface area (Å²) in [5.41, 5.74) is 2.71. The Balaban J connectivity index is 1.50. The van der Waals surface area contributed by atoms with Gasteiger partial charge in [-0.2, -0.15) is 0 Å². The Bertz CT molecular complexity index is 798. The molecule has 28 heavy (non-hydrogen) atoms. The summed E-state index contributed by atoms with van der Waals surface area (Å²) in [7, 11) is 1.61. The molecule has 8 heteroatoms. The molecule has 1 saturated heterocycles. The van der Waals surface area contributed by atoms with Gasteiger partial charge in [0.15, 0.2) is 0 Å². The molecule has 1 aromatic heterocycles. The lowest BCUT2D eigenvalue weighted by molar-refractivity contribution is -0.122. The number of nitrogens with one attached hydrogen (secondary N) is 1. The SMILES string of the molecule is COCCNC(=O)CN1CCN(C(=O)c2csc(-c3ccc(C)cc3)n2)CC1. The van der Waals surface area contributed by atoms with E-state index in [9.17, 15) is 9.59 Å². The molecular weight excluding hydrogens is 376 g/mol. The maximum Gasteiger partial charge on any atom is 0.273 e. The van der Waals surface area contributed by atoms with Crippen molar-refractivity contribution in [3.8, 4) is 10.6 Å². The molecule has 7 nitrogen and oxygen atoms in total. The first kappa shape index (κ1) is 20.4. The fraction of sp³-hybridized carbons (Fsp3) is 0.450. The Morgan fingerprint density at radius 3 is 2.57 bits per heavy atom. The number of piperazine rings is 1. The Morgan fingerprint density at radius 1 is 1.18 bits per heavy atom. The van der Waals surface area contributed by atoms with Crippen LogP contribution in [0.2, 0.25) is 0 Å². The summed E-state index contributed by atoms with van der Waals surface area (Å²) in [6.45, 7) is 5.97. The zero-order chi connectivity index (χ0) is 19.9. The monoisotopic (exact) mass is 402 g/mol. The topological polar surface area (TPSA) is 74.8 Å². The van der Waals surface area contributed by atoms with Gasteiger partial charge in [0, 0.05) is 50.8 Å². The smallest absolute Gasteiger partial charge is 0.273 e. The Hall–Kier alpha value is -2.29. The standard InChI is InChI=1S/C20H26N4O3S/c1-15-3-5-16(6-4-15)19-22-17(14-28-19)20(26)24-10-8-23(9-11-24)13-18(25)21-7-12-27-2/h3-6,14H,7-13H2,1-2H3,(H,21,25). The van der Waals surface area contributed by atoms with Crippen molar-refractivity contribution >= 4 is 23.2 Å². The second-order valence-corrected chi connectivity index (χ2v) is 7.67. The number of amides is 2. The van der Waals surface area contributed by atoms with E-state index in [0.717, 1.165) is 10.6 Å². The van der Waals surface area contributed by atoms with Crippen LogP contribution in [0.3, 0.4) is 0 Å². The van der Waals surface area contributed by atoms with Gasteiger partial charge in [0.2, 0.25) is 5.91 Å². The molecule has 1 fully saturated rings. The number of thiazole rings is 1. The molecule has 1 N–H and O–H groups in total. The zero-order valence-electron chi connectivity index (χ0n) is 16.3. The van der Waals surface area contributed by atoms with E-state index in [-0.39, 0.29) is 11.8 Å². The predicted molar refractivity (Wildman–Crippen MR) is 110 cm³/mol. The number of nitrogens with zero attached hydrogens (tertiary/aromatic N) is 3. The van der Waals surface area contributed by atoms with E-state index in [1.165, 1.54) is 16.9 Å². The largest absolute Gasteiger partial charge is 0.383 e. The predicted octanol–water partition coefficient (Wildman–Crippen LogP) is 1.64. The second kappa shape index (κ2) is 9.77. The van der Waals surface area contributed by atoms with Crippen LogP contribution in [-0.4, -0.2) is 79.6 Å². The van der Waals surface area contributed by atoms with Crippen molar-refractivity contribution in [1.82, 2.24) is 20.1 Å². The molecule has 0 aliphatic carbocycles. The number of carbonyl (C=O) groups excluding carboxylic acids is 2. The summed E-state index contributed by atoms with van der Waals surface area (Å²) in [4.78, 5) is 33.0. The maximum atomic E-state index is 12.8. The summed E-state index contributed by atoms with van der Waals surface area (Å²) in [5.74, 6) is -0.0575. The van der Waals surface area contributed by atoms with Gasteiger partial charge in [-0.15, -0.1) is 11.3 Å². The lowest BCUT2D eigenvalue weighted by Gasteiger charge is -2.33. The van der Waals surface area contributed by atoms with Gasteiger partial charge >= 0.3 is 0 Å². The highest BCUT2D eigenvalue weighted by molar-refractivity contribution is 7.13. The van der Waals surface area contributed by atoms with Gasteiger partial charge < -0.3 is 15.0 Å². The summed E-state index contributed by atoms with van der Waals surface area (Å²) in [6, 6.07) is 8.14. The number of aromatic nitrogens is 1. The van der Waals surface area contributed by atoms with E-state index >= 15 is 0 Å². The van der Waals surface area contributed by atoms with E-state index < -0.39 is 0 Å². The van der Waals surface area contributed by atoms with Crippen LogP contribution in [0.1, 0.15) is 16.1 Å². The summed E-state index contributed by atoms with van der Waals surface area (Å²) < 4.78 is 4.92. The lowest BCUT2D eigenvalue weighted by atomic mass is 10.2. The van der Waals surface area contributed by atoms with Crippen molar-refractivity contribution in [2.45, 2.75) is 6.92 Å². The van der Waals surface area contributed by atoms with Gasteiger partial charge in [-0.1, -0.05) is 29.8 Å². The molecule has 1 aliphatic heterocycles. The molecule has 0 atom stereocenters. The highest BCUT2D eigenvalue weighted by Gasteiger charge is 2.24. The van der Waals surface area contributed by atoms with Crippen LogP contribution in [0.5, 0.6) is 0 Å². The number of hydrogen-bond donors (Lipinski definition) is 1. The number of benzene rings is 1. The van der Waals surface area contributed by atoms with Crippen molar-refractivity contribution in [3.63, 3.8) is 0 Å². The fourth-order valence-corrected chi connectivity index (χ4v) is 3.82. The second-order valence-electron chi connectivity index (χ2n) is 6.82. The van der Waals surface area contributed by atoms with Crippen LogP contribution in [0.15, 0.2) is 29.6 Å². The van der Waals surface area contributed by atoms with E-state index in [4.69, 9.17) is 4.74 Å². The molecule has 2 amide bonds. The average molecular weight is 403 g/mol. The minimum Gasteiger partial charge on any atom is -0.383 e. The third-order valence-corrected chi connectivity index (χ3v) is 5.57. The van der Waals surface area contributed by atoms with Crippen LogP contribution < -0.4 is 5.32 Å². The van der Waals surface area contributed by atoms with Crippen molar-refractivity contribution in [1.29, 1.82) is 0 Å². The molecule has 150 valence electrons. The van der Waals surface area contributed by atoms with Crippen LogP contribution >= 0.6 is 11.3 Å². The molecular formula is C20H26N4O3S.